The highest BCUT2D eigenvalue weighted by molar-refractivity contribution is 6.09. The quantitative estimate of drug-likeness (QED) is 0.589. The predicted octanol–water partition coefficient (Wildman–Crippen LogP) is 4.44. The number of fused-ring (bicyclic) bond motifs is 4. The minimum absolute atomic E-state index is 0.0599. The van der Waals surface area contributed by atoms with E-state index in [-0.39, 0.29) is 29.3 Å². The van der Waals surface area contributed by atoms with Crippen molar-refractivity contribution in [3.8, 4) is 5.75 Å². The van der Waals surface area contributed by atoms with Gasteiger partial charge in [-0.3, -0.25) is 14.5 Å². The van der Waals surface area contributed by atoms with Gasteiger partial charge in [0.1, 0.15) is 17.1 Å². The number of ketones is 1. The van der Waals surface area contributed by atoms with Gasteiger partial charge in [-0.05, 0) is 67.4 Å². The summed E-state index contributed by atoms with van der Waals surface area (Å²) in [7, 11) is 0. The van der Waals surface area contributed by atoms with Crippen LogP contribution in [-0.4, -0.2) is 34.3 Å². The highest BCUT2D eigenvalue weighted by atomic mass is 19.1. The molecule has 4 atom stereocenters. The van der Waals surface area contributed by atoms with Gasteiger partial charge in [0.05, 0.1) is 0 Å². The van der Waals surface area contributed by atoms with Crippen molar-refractivity contribution in [2.75, 3.05) is 11.9 Å². The summed E-state index contributed by atoms with van der Waals surface area (Å²) in [5.41, 5.74) is 1.87. The van der Waals surface area contributed by atoms with Crippen LogP contribution in [0.1, 0.15) is 40.2 Å². The molecule has 3 aliphatic heterocycles. The van der Waals surface area contributed by atoms with Crippen molar-refractivity contribution in [1.29, 1.82) is 0 Å². The van der Waals surface area contributed by atoms with E-state index < -0.39 is 17.4 Å². The molecule has 2 saturated heterocycles. The van der Waals surface area contributed by atoms with E-state index in [0.717, 1.165) is 29.7 Å². The number of anilines is 1. The second-order valence-corrected chi connectivity index (χ2v) is 9.14. The number of phenols is 1. The topological polar surface area (TPSA) is 69.6 Å². The number of para-hydroxylation sites is 1. The summed E-state index contributed by atoms with van der Waals surface area (Å²) in [6, 6.07) is 20.0. The summed E-state index contributed by atoms with van der Waals surface area (Å²) in [5, 5.41) is 12.8. The molecule has 0 radical (unpaired) electrons. The molecule has 0 saturated carbocycles. The van der Waals surface area contributed by atoms with Gasteiger partial charge in [0, 0.05) is 34.7 Å². The molecule has 3 aromatic rings. The molecule has 6 heteroatoms. The van der Waals surface area contributed by atoms with Gasteiger partial charge in [0.15, 0.2) is 5.78 Å². The van der Waals surface area contributed by atoms with E-state index >= 15 is 0 Å². The molecule has 5 nitrogen and oxygen atoms in total. The van der Waals surface area contributed by atoms with E-state index in [4.69, 9.17) is 0 Å². The highest BCUT2D eigenvalue weighted by Gasteiger charge is 2.68. The normalized spacial score (nSPS) is 28.0. The molecule has 1 amide bonds. The molecule has 0 unspecified atom stereocenters. The molecule has 6 rings (SSSR count). The Hall–Kier alpha value is -3.51. The Bertz CT molecular complexity index is 1260. The van der Waals surface area contributed by atoms with Crippen LogP contribution in [0.5, 0.6) is 5.75 Å². The fourth-order valence-corrected chi connectivity index (χ4v) is 6.39. The third-order valence-electron chi connectivity index (χ3n) is 7.59. The summed E-state index contributed by atoms with van der Waals surface area (Å²) in [4.78, 5) is 30.0. The van der Waals surface area contributed by atoms with E-state index in [9.17, 15) is 19.1 Å². The number of aromatic hydroxyl groups is 1. The zero-order chi connectivity index (χ0) is 22.7. The SMILES string of the molecule is O=C(c1ccc(O)cc1)[C@@H]1[C@@H]2CCCN2[C@]2(C(=O)Nc3ccccc32)[C@H]1c1ccc(F)cc1. The number of halogens is 1. The first-order valence-electron chi connectivity index (χ1n) is 11.3. The van der Waals surface area contributed by atoms with Crippen LogP contribution in [0.4, 0.5) is 10.1 Å². The molecule has 0 aromatic heterocycles. The maximum Gasteiger partial charge on any atom is 0.250 e. The van der Waals surface area contributed by atoms with Crippen molar-refractivity contribution in [2.45, 2.75) is 30.3 Å². The van der Waals surface area contributed by atoms with Crippen LogP contribution in [0.15, 0.2) is 72.8 Å². The molecular formula is C27H23FN2O3. The molecule has 33 heavy (non-hydrogen) atoms. The van der Waals surface area contributed by atoms with Crippen LogP contribution in [0.3, 0.4) is 0 Å². The lowest BCUT2D eigenvalue weighted by molar-refractivity contribution is -0.127. The average Bonchev–Trinajstić information content (AvgIpc) is 3.48. The van der Waals surface area contributed by atoms with Crippen molar-refractivity contribution in [3.63, 3.8) is 0 Å². The Balaban J connectivity index is 1.59. The fourth-order valence-electron chi connectivity index (χ4n) is 6.39. The maximum atomic E-state index is 14.0. The minimum atomic E-state index is -1.03. The average molecular weight is 442 g/mol. The van der Waals surface area contributed by atoms with Crippen molar-refractivity contribution in [2.24, 2.45) is 5.92 Å². The lowest BCUT2D eigenvalue weighted by Crippen LogP contribution is -2.50. The maximum absolute atomic E-state index is 14.0. The number of nitrogens with zero attached hydrogens (tertiary/aromatic N) is 1. The molecule has 166 valence electrons. The number of phenolic OH excluding ortho intramolecular Hbond substituents is 1. The van der Waals surface area contributed by atoms with E-state index in [1.807, 2.05) is 24.3 Å². The van der Waals surface area contributed by atoms with Crippen LogP contribution in [-0.2, 0) is 10.3 Å². The van der Waals surface area contributed by atoms with E-state index in [1.54, 1.807) is 24.3 Å². The minimum Gasteiger partial charge on any atom is -0.508 e. The lowest BCUT2D eigenvalue weighted by Gasteiger charge is -2.37. The lowest BCUT2D eigenvalue weighted by atomic mass is 9.69. The van der Waals surface area contributed by atoms with Crippen molar-refractivity contribution >= 4 is 17.4 Å². The van der Waals surface area contributed by atoms with Gasteiger partial charge in [0.25, 0.3) is 0 Å². The van der Waals surface area contributed by atoms with Crippen molar-refractivity contribution < 1.29 is 19.1 Å². The van der Waals surface area contributed by atoms with Gasteiger partial charge in [-0.2, -0.15) is 0 Å². The van der Waals surface area contributed by atoms with Gasteiger partial charge < -0.3 is 10.4 Å². The Morgan fingerprint density at radius 1 is 1.03 bits per heavy atom. The van der Waals surface area contributed by atoms with Crippen molar-refractivity contribution in [3.05, 3.63) is 95.3 Å². The summed E-state index contributed by atoms with van der Waals surface area (Å²) < 4.78 is 13.9. The monoisotopic (exact) mass is 442 g/mol. The zero-order valence-corrected chi connectivity index (χ0v) is 17.9. The molecule has 3 aromatic carbocycles. The molecule has 1 spiro atoms. The Kier molecular flexibility index (Phi) is 4.42. The largest absolute Gasteiger partial charge is 0.508 e. The zero-order valence-electron chi connectivity index (χ0n) is 17.9. The number of nitrogens with one attached hydrogen (secondary N) is 1. The van der Waals surface area contributed by atoms with Crippen LogP contribution in [0.25, 0.3) is 0 Å². The fraction of sp³-hybridized carbons (Fsp3) is 0.259. The Labute approximate surface area is 190 Å². The first-order valence-corrected chi connectivity index (χ1v) is 11.3. The molecule has 2 fully saturated rings. The first-order chi connectivity index (χ1) is 16.0. The van der Waals surface area contributed by atoms with Gasteiger partial charge in [0.2, 0.25) is 5.91 Å². The smallest absolute Gasteiger partial charge is 0.250 e. The molecular weight excluding hydrogens is 419 g/mol. The standard InChI is InChI=1S/C27H23FN2O3/c28-18-11-7-16(8-12-18)24-23(25(32)17-9-13-19(31)14-10-17)22-6-3-15-30(22)27(24)20-4-1-2-5-21(20)29-26(27)33/h1-2,4-5,7-14,22-24,31H,3,6,15H2,(H,29,33)/t22-,23+,24-,27-/m0/s1. The number of benzene rings is 3. The molecule has 0 aliphatic carbocycles. The number of amides is 1. The molecule has 0 bridgehead atoms. The Morgan fingerprint density at radius 3 is 2.52 bits per heavy atom. The number of hydrogen-bond acceptors (Lipinski definition) is 4. The third kappa shape index (κ3) is 2.74. The first kappa shape index (κ1) is 20.1. The van der Waals surface area contributed by atoms with Crippen LogP contribution in [0.2, 0.25) is 0 Å². The number of rotatable bonds is 3. The summed E-state index contributed by atoms with van der Waals surface area (Å²) in [6.07, 6.45) is 1.71. The second kappa shape index (κ2) is 7.25. The number of hydrogen-bond donors (Lipinski definition) is 2. The van der Waals surface area contributed by atoms with Gasteiger partial charge in [-0.15, -0.1) is 0 Å². The van der Waals surface area contributed by atoms with Gasteiger partial charge >= 0.3 is 0 Å². The van der Waals surface area contributed by atoms with Gasteiger partial charge in [-0.1, -0.05) is 30.3 Å². The Morgan fingerprint density at radius 2 is 1.76 bits per heavy atom. The van der Waals surface area contributed by atoms with E-state index in [0.29, 0.717) is 12.1 Å². The molecule has 2 N–H and O–H groups in total. The predicted molar refractivity (Wildman–Crippen MR) is 122 cm³/mol. The van der Waals surface area contributed by atoms with Crippen LogP contribution in [0, 0.1) is 11.7 Å². The second-order valence-electron chi connectivity index (χ2n) is 9.14. The number of Topliss-reactive ketones (excluding diaryl/α,β-unsaturated/α-hetero) is 1. The highest BCUT2D eigenvalue weighted by Crippen LogP contribution is 2.61. The number of carbonyl (C=O) groups is 2. The van der Waals surface area contributed by atoms with Crippen molar-refractivity contribution in [1.82, 2.24) is 4.90 Å². The van der Waals surface area contributed by atoms with E-state index in [2.05, 4.69) is 10.2 Å². The summed E-state index contributed by atoms with van der Waals surface area (Å²) in [5.74, 6) is -1.42. The summed E-state index contributed by atoms with van der Waals surface area (Å²) in [6.45, 7) is 0.712. The molecule has 3 aliphatic rings. The van der Waals surface area contributed by atoms with Crippen LogP contribution >= 0.6 is 0 Å². The van der Waals surface area contributed by atoms with E-state index in [1.165, 1.54) is 24.3 Å². The number of carbonyl (C=O) groups excluding carboxylic acids is 2. The summed E-state index contributed by atoms with van der Waals surface area (Å²) >= 11 is 0. The van der Waals surface area contributed by atoms with Crippen LogP contribution < -0.4 is 5.32 Å². The van der Waals surface area contributed by atoms with Gasteiger partial charge in [-0.25, -0.2) is 4.39 Å². The third-order valence-corrected chi connectivity index (χ3v) is 7.59. The molecule has 3 heterocycles.